The summed E-state index contributed by atoms with van der Waals surface area (Å²) in [5.41, 5.74) is 0. The predicted octanol–water partition coefficient (Wildman–Crippen LogP) is 0.599. The highest BCUT2D eigenvalue weighted by Gasteiger charge is 2.27. The van der Waals surface area contributed by atoms with E-state index in [1.54, 1.807) is 0 Å². The van der Waals surface area contributed by atoms with Gasteiger partial charge < -0.3 is 0 Å². The van der Waals surface area contributed by atoms with Crippen LogP contribution in [0, 0.1) is 18.3 Å². The van der Waals surface area contributed by atoms with Crippen LogP contribution in [-0.4, -0.2) is 5.78 Å². The van der Waals surface area contributed by atoms with E-state index in [-0.39, 0.29) is 11.7 Å². The first kappa shape index (κ1) is 4.39. The summed E-state index contributed by atoms with van der Waals surface area (Å²) < 4.78 is 0. The maximum Gasteiger partial charge on any atom is 0.208 e. The highest BCUT2D eigenvalue weighted by atomic mass is 16.1. The lowest BCUT2D eigenvalue weighted by atomic mass is 10.3. The minimum absolute atomic E-state index is 0.0139. The Kier molecular flexibility index (Phi) is 0.867. The third-order valence-corrected chi connectivity index (χ3v) is 1.09. The highest BCUT2D eigenvalue weighted by molar-refractivity contribution is 5.98. The van der Waals surface area contributed by atoms with Crippen molar-refractivity contribution in [3.05, 3.63) is 0 Å². The third kappa shape index (κ3) is 0.806. The van der Waals surface area contributed by atoms with E-state index in [1.165, 1.54) is 0 Å². The second-order valence-electron chi connectivity index (χ2n) is 1.78. The van der Waals surface area contributed by atoms with E-state index in [1.807, 2.05) is 0 Å². The average molecular weight is 94.1 g/mol. The van der Waals surface area contributed by atoms with Crippen LogP contribution in [0.25, 0.3) is 0 Å². The molecule has 7 heavy (non-hydrogen) atoms. The lowest BCUT2D eigenvalue weighted by Gasteiger charge is -1.75. The zero-order valence-corrected chi connectivity index (χ0v) is 3.98. The number of terminal acetylenes is 1. The van der Waals surface area contributed by atoms with Crippen molar-refractivity contribution in [3.8, 4) is 12.3 Å². The quantitative estimate of drug-likeness (QED) is 0.343. The summed E-state index contributed by atoms with van der Waals surface area (Å²) >= 11 is 0. The Labute approximate surface area is 42.7 Å². The van der Waals surface area contributed by atoms with E-state index >= 15 is 0 Å². The first-order chi connectivity index (χ1) is 3.34. The molecule has 1 rings (SSSR count). The number of ketones is 1. The summed E-state index contributed by atoms with van der Waals surface area (Å²) in [6.07, 6.45) is 6.85. The largest absolute Gasteiger partial charge is 0.285 e. The molecule has 0 aromatic heterocycles. The molecule has 0 radical (unpaired) electrons. The first-order valence-corrected chi connectivity index (χ1v) is 2.35. The van der Waals surface area contributed by atoms with Gasteiger partial charge in [0.25, 0.3) is 0 Å². The summed E-state index contributed by atoms with van der Waals surface area (Å²) in [6, 6.07) is 0. The molecule has 1 aliphatic rings. The molecule has 1 nitrogen and oxygen atoms in total. The lowest BCUT2D eigenvalue weighted by molar-refractivity contribution is -0.114. The van der Waals surface area contributed by atoms with Gasteiger partial charge in [-0.3, -0.25) is 4.79 Å². The standard InChI is InChI=1S/C6H6O/c1-2-6(7)5-3-4-5/h1,5H,3-4H2. The van der Waals surface area contributed by atoms with Gasteiger partial charge in [0, 0.05) is 5.92 Å². The van der Waals surface area contributed by atoms with Crippen molar-refractivity contribution >= 4 is 5.78 Å². The minimum atomic E-state index is -0.0139. The lowest BCUT2D eigenvalue weighted by Crippen LogP contribution is -1.92. The van der Waals surface area contributed by atoms with Gasteiger partial charge in [-0.1, -0.05) is 0 Å². The molecule has 1 saturated carbocycles. The number of carbonyl (C=O) groups excluding carboxylic acids is 1. The van der Waals surface area contributed by atoms with Gasteiger partial charge in [0.15, 0.2) is 0 Å². The van der Waals surface area contributed by atoms with E-state index in [0.717, 1.165) is 12.8 Å². The van der Waals surface area contributed by atoms with Crippen molar-refractivity contribution < 1.29 is 4.79 Å². The van der Waals surface area contributed by atoms with Gasteiger partial charge >= 0.3 is 0 Å². The zero-order chi connectivity index (χ0) is 5.28. The van der Waals surface area contributed by atoms with E-state index in [9.17, 15) is 4.79 Å². The van der Waals surface area contributed by atoms with Crippen molar-refractivity contribution in [2.45, 2.75) is 12.8 Å². The second kappa shape index (κ2) is 1.38. The number of hydrogen-bond donors (Lipinski definition) is 0. The van der Waals surface area contributed by atoms with Gasteiger partial charge in [0.2, 0.25) is 5.78 Å². The topological polar surface area (TPSA) is 17.1 Å². The SMILES string of the molecule is C#CC(=O)C1CC1. The van der Waals surface area contributed by atoms with Crippen LogP contribution in [0.2, 0.25) is 0 Å². The van der Waals surface area contributed by atoms with Crippen molar-refractivity contribution in [1.82, 2.24) is 0 Å². The van der Waals surface area contributed by atoms with Crippen LogP contribution in [0.4, 0.5) is 0 Å². The summed E-state index contributed by atoms with van der Waals surface area (Å²) in [6.45, 7) is 0. The molecular formula is C6H6O. The fraction of sp³-hybridized carbons (Fsp3) is 0.500. The molecule has 0 aliphatic heterocycles. The van der Waals surface area contributed by atoms with E-state index < -0.39 is 0 Å². The summed E-state index contributed by atoms with van der Waals surface area (Å²) in [5, 5.41) is 0. The second-order valence-corrected chi connectivity index (χ2v) is 1.78. The van der Waals surface area contributed by atoms with Crippen LogP contribution in [0.1, 0.15) is 12.8 Å². The molecule has 1 aliphatic carbocycles. The van der Waals surface area contributed by atoms with Crippen LogP contribution >= 0.6 is 0 Å². The Morgan fingerprint density at radius 2 is 2.29 bits per heavy atom. The summed E-state index contributed by atoms with van der Waals surface area (Å²) in [7, 11) is 0. The number of rotatable bonds is 1. The fourth-order valence-electron chi connectivity index (χ4n) is 0.463. The Hall–Kier alpha value is -0.770. The van der Waals surface area contributed by atoms with Crippen molar-refractivity contribution in [2.24, 2.45) is 5.92 Å². The van der Waals surface area contributed by atoms with Crippen molar-refractivity contribution in [1.29, 1.82) is 0 Å². The van der Waals surface area contributed by atoms with Crippen LogP contribution in [0.15, 0.2) is 0 Å². The van der Waals surface area contributed by atoms with Gasteiger partial charge in [0.05, 0.1) is 0 Å². The predicted molar refractivity (Wildman–Crippen MR) is 26.6 cm³/mol. The zero-order valence-electron chi connectivity index (χ0n) is 3.98. The third-order valence-electron chi connectivity index (χ3n) is 1.09. The Bertz CT molecular complexity index is 126. The monoisotopic (exact) mass is 94.0 g/mol. The first-order valence-electron chi connectivity index (χ1n) is 2.35. The molecule has 0 aromatic carbocycles. The van der Waals surface area contributed by atoms with Gasteiger partial charge in [-0.25, -0.2) is 0 Å². The smallest absolute Gasteiger partial charge is 0.208 e. The van der Waals surface area contributed by atoms with Crippen molar-refractivity contribution in [2.75, 3.05) is 0 Å². The van der Waals surface area contributed by atoms with Crippen LogP contribution < -0.4 is 0 Å². The number of Topliss-reactive ketones (excluding diaryl/α,β-unsaturated/α-hetero) is 1. The molecule has 0 aromatic rings. The van der Waals surface area contributed by atoms with Crippen molar-refractivity contribution in [3.63, 3.8) is 0 Å². The van der Waals surface area contributed by atoms with Crippen LogP contribution in [0.3, 0.4) is 0 Å². The molecule has 0 N–H and O–H groups in total. The van der Waals surface area contributed by atoms with E-state index in [0.29, 0.717) is 0 Å². The maximum absolute atomic E-state index is 10.3. The average Bonchev–Trinajstić information content (AvgIpc) is 2.44. The van der Waals surface area contributed by atoms with E-state index in [2.05, 4.69) is 5.92 Å². The molecule has 0 saturated heterocycles. The highest BCUT2D eigenvalue weighted by Crippen LogP contribution is 2.29. The number of carbonyl (C=O) groups is 1. The molecule has 0 atom stereocenters. The van der Waals surface area contributed by atoms with Crippen LogP contribution in [-0.2, 0) is 4.79 Å². The fourth-order valence-corrected chi connectivity index (χ4v) is 0.463. The summed E-state index contributed by atoms with van der Waals surface area (Å²) in [5.74, 6) is 2.31. The molecule has 0 unspecified atom stereocenters. The molecule has 1 fully saturated rings. The number of hydrogen-bond acceptors (Lipinski definition) is 1. The van der Waals surface area contributed by atoms with Gasteiger partial charge in [-0.05, 0) is 18.8 Å². The summed E-state index contributed by atoms with van der Waals surface area (Å²) in [4.78, 5) is 10.3. The van der Waals surface area contributed by atoms with Crippen LogP contribution in [0.5, 0.6) is 0 Å². The normalized spacial score (nSPS) is 18.1. The van der Waals surface area contributed by atoms with Gasteiger partial charge in [-0.15, -0.1) is 6.42 Å². The Morgan fingerprint density at radius 3 is 2.43 bits per heavy atom. The minimum Gasteiger partial charge on any atom is -0.285 e. The Balaban J connectivity index is 2.42. The molecule has 0 heterocycles. The maximum atomic E-state index is 10.3. The molecule has 1 heteroatoms. The molecule has 0 spiro atoms. The molecular weight excluding hydrogens is 88.1 g/mol. The Morgan fingerprint density at radius 1 is 1.71 bits per heavy atom. The molecule has 36 valence electrons. The molecule has 0 amide bonds. The van der Waals surface area contributed by atoms with Gasteiger partial charge in [0.1, 0.15) is 0 Å². The van der Waals surface area contributed by atoms with E-state index in [4.69, 9.17) is 6.42 Å². The van der Waals surface area contributed by atoms with Gasteiger partial charge in [-0.2, -0.15) is 0 Å². The molecule has 0 bridgehead atoms.